The summed E-state index contributed by atoms with van der Waals surface area (Å²) in [6, 6.07) is 12.8. The van der Waals surface area contributed by atoms with Crippen LogP contribution in [0.25, 0.3) is 0 Å². The van der Waals surface area contributed by atoms with E-state index in [1.165, 1.54) is 0 Å². The van der Waals surface area contributed by atoms with Gasteiger partial charge in [0.25, 0.3) is 5.91 Å². The van der Waals surface area contributed by atoms with Crippen LogP contribution in [0.2, 0.25) is 5.02 Å². The summed E-state index contributed by atoms with van der Waals surface area (Å²) in [5.74, 6) is 1.27. The molecule has 158 valence electrons. The lowest BCUT2D eigenvalue weighted by molar-refractivity contribution is -0.132. The predicted molar refractivity (Wildman–Crippen MR) is 114 cm³/mol. The maximum absolute atomic E-state index is 12.9. The van der Waals surface area contributed by atoms with E-state index in [4.69, 9.17) is 21.1 Å². The Labute approximate surface area is 181 Å². The molecule has 2 amide bonds. The van der Waals surface area contributed by atoms with Crippen LogP contribution in [0.5, 0.6) is 11.5 Å². The van der Waals surface area contributed by atoms with Gasteiger partial charge in [-0.25, -0.2) is 0 Å². The van der Waals surface area contributed by atoms with Crippen molar-refractivity contribution in [1.29, 1.82) is 0 Å². The van der Waals surface area contributed by atoms with E-state index < -0.39 is 0 Å². The maximum Gasteiger partial charge on any atom is 0.252 e. The lowest BCUT2D eigenvalue weighted by atomic mass is 10.0. The molecule has 1 atom stereocenters. The van der Waals surface area contributed by atoms with Gasteiger partial charge in [0, 0.05) is 25.9 Å². The number of hydrogen-bond acceptors (Lipinski definition) is 4. The summed E-state index contributed by atoms with van der Waals surface area (Å²) in [4.78, 5) is 27.0. The lowest BCUT2D eigenvalue weighted by Crippen LogP contribution is -2.34. The van der Waals surface area contributed by atoms with Crippen LogP contribution in [0.15, 0.2) is 42.5 Å². The number of rotatable bonds is 5. The van der Waals surface area contributed by atoms with Gasteiger partial charge < -0.3 is 19.7 Å². The van der Waals surface area contributed by atoms with E-state index in [9.17, 15) is 9.59 Å². The molecule has 6 nitrogen and oxygen atoms in total. The Hall–Kier alpha value is -2.73. The molecule has 30 heavy (non-hydrogen) atoms. The number of hydrogen-bond donors (Lipinski definition) is 1. The minimum absolute atomic E-state index is 0.0222. The van der Waals surface area contributed by atoms with Gasteiger partial charge >= 0.3 is 0 Å². The maximum atomic E-state index is 12.9. The molecule has 0 unspecified atom stereocenters. The van der Waals surface area contributed by atoms with E-state index in [1.54, 1.807) is 24.3 Å². The van der Waals surface area contributed by atoms with Gasteiger partial charge in [0.15, 0.2) is 11.5 Å². The van der Waals surface area contributed by atoms with Crippen LogP contribution in [0, 0.1) is 0 Å². The van der Waals surface area contributed by atoms with Crippen LogP contribution < -0.4 is 14.8 Å². The Kier molecular flexibility index (Phi) is 6.43. The molecular formula is C23H25ClN2O4. The average molecular weight is 429 g/mol. The molecular weight excluding hydrogens is 404 g/mol. The summed E-state index contributed by atoms with van der Waals surface area (Å²) in [7, 11) is 0. The monoisotopic (exact) mass is 428 g/mol. The zero-order valence-electron chi connectivity index (χ0n) is 16.7. The Bertz CT molecular complexity index is 933. The number of halogens is 1. The number of fused-ring (bicyclic) bond motifs is 1. The van der Waals surface area contributed by atoms with Gasteiger partial charge in [-0.2, -0.15) is 0 Å². The van der Waals surface area contributed by atoms with E-state index in [-0.39, 0.29) is 30.8 Å². The number of amides is 2. The van der Waals surface area contributed by atoms with E-state index in [0.29, 0.717) is 23.8 Å². The Balaban J connectivity index is 1.36. The topological polar surface area (TPSA) is 67.9 Å². The second-order valence-corrected chi connectivity index (χ2v) is 7.89. The van der Waals surface area contributed by atoms with Crippen molar-refractivity contribution < 1.29 is 19.1 Å². The van der Waals surface area contributed by atoms with Crippen LogP contribution in [0.3, 0.4) is 0 Å². The molecule has 1 N–H and O–H groups in total. The van der Waals surface area contributed by atoms with Gasteiger partial charge in [-0.05, 0) is 42.7 Å². The highest BCUT2D eigenvalue weighted by molar-refractivity contribution is 6.33. The molecule has 7 heteroatoms. The van der Waals surface area contributed by atoms with Crippen molar-refractivity contribution in [3.63, 3.8) is 0 Å². The van der Waals surface area contributed by atoms with Gasteiger partial charge in [-0.1, -0.05) is 29.8 Å². The second kappa shape index (κ2) is 9.39. The molecule has 0 radical (unpaired) electrons. The number of nitrogens with zero attached hydrogens (tertiary/aromatic N) is 1. The summed E-state index contributed by atoms with van der Waals surface area (Å²) in [5, 5.41) is 3.19. The minimum atomic E-state index is -0.269. The summed E-state index contributed by atoms with van der Waals surface area (Å²) >= 11 is 6.06. The lowest BCUT2D eigenvalue weighted by Gasteiger charge is -2.26. The molecule has 2 aliphatic rings. The third-order valence-corrected chi connectivity index (χ3v) is 5.80. The number of ether oxygens (including phenoxy) is 2. The van der Waals surface area contributed by atoms with Crippen LogP contribution >= 0.6 is 11.6 Å². The Morgan fingerprint density at radius 2 is 1.87 bits per heavy atom. The van der Waals surface area contributed by atoms with E-state index in [0.717, 1.165) is 42.9 Å². The van der Waals surface area contributed by atoms with E-state index in [2.05, 4.69) is 5.32 Å². The predicted octanol–water partition coefficient (Wildman–Crippen LogP) is 3.98. The van der Waals surface area contributed by atoms with Crippen LogP contribution in [-0.2, 0) is 4.79 Å². The number of nitrogens with one attached hydrogen (secondary N) is 1. The highest BCUT2D eigenvalue weighted by Gasteiger charge is 2.30. The van der Waals surface area contributed by atoms with E-state index in [1.807, 2.05) is 23.1 Å². The highest BCUT2D eigenvalue weighted by Crippen LogP contribution is 2.38. The van der Waals surface area contributed by atoms with Gasteiger partial charge in [0.05, 0.1) is 29.8 Å². The van der Waals surface area contributed by atoms with Crippen molar-refractivity contribution in [1.82, 2.24) is 10.2 Å². The first kappa shape index (κ1) is 20.5. The summed E-state index contributed by atoms with van der Waals surface area (Å²) in [5.41, 5.74) is 1.48. The van der Waals surface area contributed by atoms with Gasteiger partial charge in [0.2, 0.25) is 5.91 Å². The zero-order chi connectivity index (χ0) is 20.9. The molecule has 4 rings (SSSR count). The summed E-state index contributed by atoms with van der Waals surface area (Å²) in [6.07, 6.45) is 2.98. The first-order valence-electron chi connectivity index (χ1n) is 10.4. The standard InChI is InChI=1S/C23H25ClN2O4/c24-18-6-2-1-5-17(18)23(28)25-11-10-22(27)26-12-3-7-19(26)16-8-9-20-21(15-16)30-14-4-13-29-20/h1-2,5-6,8-9,15,19H,3-4,7,10-14H2,(H,25,28)/t19-/m0/s1. The minimum Gasteiger partial charge on any atom is -0.490 e. The first-order chi connectivity index (χ1) is 14.6. The Morgan fingerprint density at radius 3 is 2.70 bits per heavy atom. The van der Waals surface area contributed by atoms with Crippen molar-refractivity contribution in [2.45, 2.75) is 31.7 Å². The molecule has 1 fully saturated rings. The molecule has 0 saturated carbocycles. The second-order valence-electron chi connectivity index (χ2n) is 7.49. The fourth-order valence-corrected chi connectivity index (χ4v) is 4.19. The van der Waals surface area contributed by atoms with Crippen LogP contribution in [0.1, 0.15) is 47.6 Å². The zero-order valence-corrected chi connectivity index (χ0v) is 17.5. The van der Waals surface area contributed by atoms with Crippen molar-refractivity contribution in [3.8, 4) is 11.5 Å². The average Bonchev–Trinajstić information content (AvgIpc) is 3.13. The quantitative estimate of drug-likeness (QED) is 0.782. The number of likely N-dealkylation sites (tertiary alicyclic amines) is 1. The van der Waals surface area contributed by atoms with Gasteiger partial charge in [-0.15, -0.1) is 0 Å². The van der Waals surface area contributed by atoms with Crippen LogP contribution in [-0.4, -0.2) is 43.0 Å². The number of benzene rings is 2. The third kappa shape index (κ3) is 4.54. The number of carbonyl (C=O) groups excluding carboxylic acids is 2. The fraction of sp³-hybridized carbons (Fsp3) is 0.391. The van der Waals surface area contributed by atoms with Crippen molar-refractivity contribution in [2.75, 3.05) is 26.3 Å². The fourth-order valence-electron chi connectivity index (χ4n) is 3.97. The molecule has 1 saturated heterocycles. The molecule has 2 aromatic carbocycles. The first-order valence-corrected chi connectivity index (χ1v) is 10.7. The molecule has 2 heterocycles. The highest BCUT2D eigenvalue weighted by atomic mass is 35.5. The van der Waals surface area contributed by atoms with Crippen LogP contribution in [0.4, 0.5) is 0 Å². The van der Waals surface area contributed by atoms with Crippen molar-refractivity contribution in [2.24, 2.45) is 0 Å². The van der Waals surface area contributed by atoms with Gasteiger partial charge in [0.1, 0.15) is 0 Å². The van der Waals surface area contributed by atoms with Gasteiger partial charge in [-0.3, -0.25) is 9.59 Å². The largest absolute Gasteiger partial charge is 0.490 e. The van der Waals surface area contributed by atoms with Crippen molar-refractivity contribution >= 4 is 23.4 Å². The molecule has 0 aromatic heterocycles. The normalized spacial score (nSPS) is 18.0. The molecule has 0 aliphatic carbocycles. The Morgan fingerprint density at radius 1 is 1.07 bits per heavy atom. The third-order valence-electron chi connectivity index (χ3n) is 5.47. The summed E-state index contributed by atoms with van der Waals surface area (Å²) < 4.78 is 11.5. The number of carbonyl (C=O) groups is 2. The molecule has 2 aromatic rings. The summed E-state index contributed by atoms with van der Waals surface area (Å²) in [6.45, 7) is 2.28. The molecule has 0 bridgehead atoms. The SMILES string of the molecule is O=C(NCCC(=O)N1CCC[C@H]1c1ccc2c(c1)OCCCO2)c1ccccc1Cl. The van der Waals surface area contributed by atoms with E-state index >= 15 is 0 Å². The molecule has 2 aliphatic heterocycles. The molecule has 0 spiro atoms. The smallest absolute Gasteiger partial charge is 0.252 e. The van der Waals surface area contributed by atoms with Crippen molar-refractivity contribution in [3.05, 3.63) is 58.6 Å².